The Morgan fingerprint density at radius 3 is 2.76 bits per heavy atom. The van der Waals surface area contributed by atoms with E-state index < -0.39 is 0 Å². The summed E-state index contributed by atoms with van der Waals surface area (Å²) in [5.74, 6) is 0.335. The van der Waals surface area contributed by atoms with E-state index in [1.54, 1.807) is 4.90 Å². The number of likely N-dealkylation sites (N-methyl/N-ethyl adjacent to an activating group) is 1. The maximum atomic E-state index is 12.4. The van der Waals surface area contributed by atoms with E-state index in [2.05, 4.69) is 11.4 Å². The van der Waals surface area contributed by atoms with Crippen molar-refractivity contribution in [2.45, 2.75) is 25.0 Å². The van der Waals surface area contributed by atoms with Crippen LogP contribution in [0.5, 0.6) is 0 Å². The van der Waals surface area contributed by atoms with E-state index >= 15 is 0 Å². The predicted molar refractivity (Wildman–Crippen MR) is 99.9 cm³/mol. The molecule has 3 rings (SSSR count). The second kappa shape index (κ2) is 8.37. The highest BCUT2D eigenvalue weighted by Crippen LogP contribution is 2.30. The van der Waals surface area contributed by atoms with Crippen LogP contribution in [0.2, 0.25) is 5.02 Å². The van der Waals surface area contributed by atoms with Crippen molar-refractivity contribution in [1.29, 1.82) is 0 Å². The Kier molecular flexibility index (Phi) is 5.95. The fourth-order valence-corrected chi connectivity index (χ4v) is 3.56. The molecule has 2 aromatic carbocycles. The number of hydrogen-bond donors (Lipinski definition) is 1. The van der Waals surface area contributed by atoms with Crippen LogP contribution in [0.4, 0.5) is 4.79 Å². The summed E-state index contributed by atoms with van der Waals surface area (Å²) in [7, 11) is 1.93. The zero-order chi connectivity index (χ0) is 17.6. The molecule has 0 aliphatic carbocycles. The highest BCUT2D eigenvalue weighted by atomic mass is 35.5. The van der Waals surface area contributed by atoms with Gasteiger partial charge in [0.2, 0.25) is 0 Å². The average molecular weight is 359 g/mol. The molecule has 1 aliphatic heterocycles. The average Bonchev–Trinajstić information content (AvgIpc) is 2.66. The standard InChI is InChI=1S/C20H23ClN2O2/c1-22-19-13-23(20(24)25-14-15-6-3-2-4-7-15)11-10-18(19)16-8-5-9-17(21)12-16/h2-9,12,18-19,22H,10-11,13-14H2,1H3/t18-,19+/m0/s1. The molecule has 0 aromatic heterocycles. The van der Waals surface area contributed by atoms with E-state index in [1.165, 1.54) is 5.56 Å². The van der Waals surface area contributed by atoms with Gasteiger partial charge in [-0.25, -0.2) is 4.79 Å². The summed E-state index contributed by atoms with van der Waals surface area (Å²) in [6.07, 6.45) is 0.625. The van der Waals surface area contributed by atoms with E-state index in [-0.39, 0.29) is 12.1 Å². The maximum Gasteiger partial charge on any atom is 0.410 e. The van der Waals surface area contributed by atoms with E-state index in [0.717, 1.165) is 17.0 Å². The van der Waals surface area contributed by atoms with Crippen molar-refractivity contribution >= 4 is 17.7 Å². The summed E-state index contributed by atoms with van der Waals surface area (Å²) in [6.45, 7) is 1.61. The molecule has 25 heavy (non-hydrogen) atoms. The minimum absolute atomic E-state index is 0.177. The molecule has 0 bridgehead atoms. The highest BCUT2D eigenvalue weighted by molar-refractivity contribution is 6.30. The molecule has 1 saturated heterocycles. The fourth-order valence-electron chi connectivity index (χ4n) is 3.36. The molecule has 132 valence electrons. The molecule has 0 spiro atoms. The number of nitrogens with one attached hydrogen (secondary N) is 1. The third-order valence-corrected chi connectivity index (χ3v) is 4.96. The molecule has 2 atom stereocenters. The van der Waals surface area contributed by atoms with Gasteiger partial charge < -0.3 is 15.0 Å². The number of benzene rings is 2. The lowest BCUT2D eigenvalue weighted by Crippen LogP contribution is -2.50. The third-order valence-electron chi connectivity index (χ3n) is 4.72. The molecule has 1 amide bonds. The van der Waals surface area contributed by atoms with Gasteiger partial charge in [0.15, 0.2) is 0 Å². The summed E-state index contributed by atoms with van der Waals surface area (Å²) in [5.41, 5.74) is 2.21. The molecule has 1 fully saturated rings. The minimum atomic E-state index is -0.256. The largest absolute Gasteiger partial charge is 0.445 e. The number of likely N-dealkylation sites (tertiary alicyclic amines) is 1. The van der Waals surface area contributed by atoms with Crippen LogP contribution in [0.1, 0.15) is 23.5 Å². The number of carbonyl (C=O) groups excluding carboxylic acids is 1. The first kappa shape index (κ1) is 17.8. The van der Waals surface area contributed by atoms with Crippen molar-refractivity contribution in [2.24, 2.45) is 0 Å². The molecule has 1 N–H and O–H groups in total. The first-order chi connectivity index (χ1) is 12.2. The first-order valence-electron chi connectivity index (χ1n) is 8.55. The summed E-state index contributed by atoms with van der Waals surface area (Å²) in [6, 6.07) is 17.9. The normalized spacial score (nSPS) is 20.3. The van der Waals surface area contributed by atoms with Crippen molar-refractivity contribution in [3.63, 3.8) is 0 Å². The molecule has 0 radical (unpaired) electrons. The van der Waals surface area contributed by atoms with Crippen LogP contribution in [0.25, 0.3) is 0 Å². The Labute approximate surface area is 153 Å². The SMILES string of the molecule is CN[C@@H]1CN(C(=O)OCc2ccccc2)CC[C@H]1c1cccc(Cl)c1. The monoisotopic (exact) mass is 358 g/mol. The summed E-state index contributed by atoms with van der Waals surface area (Å²) < 4.78 is 5.46. The molecule has 5 heteroatoms. The Morgan fingerprint density at radius 1 is 1.24 bits per heavy atom. The highest BCUT2D eigenvalue weighted by Gasteiger charge is 2.32. The van der Waals surface area contributed by atoms with Gasteiger partial charge >= 0.3 is 6.09 Å². The van der Waals surface area contributed by atoms with Crippen molar-refractivity contribution in [3.05, 3.63) is 70.7 Å². The van der Waals surface area contributed by atoms with Crippen LogP contribution < -0.4 is 5.32 Å². The van der Waals surface area contributed by atoms with Crippen LogP contribution in [0, 0.1) is 0 Å². The second-order valence-corrected chi connectivity index (χ2v) is 6.77. The van der Waals surface area contributed by atoms with Gasteiger partial charge in [0.25, 0.3) is 0 Å². The number of rotatable bonds is 4. The van der Waals surface area contributed by atoms with Crippen molar-refractivity contribution in [2.75, 3.05) is 20.1 Å². The lowest BCUT2D eigenvalue weighted by Gasteiger charge is -2.38. The number of piperidine rings is 1. The number of amides is 1. The topological polar surface area (TPSA) is 41.6 Å². The van der Waals surface area contributed by atoms with Gasteiger partial charge in [-0.1, -0.05) is 54.1 Å². The predicted octanol–water partition coefficient (Wildman–Crippen LogP) is 4.05. The van der Waals surface area contributed by atoms with E-state index in [4.69, 9.17) is 16.3 Å². The van der Waals surface area contributed by atoms with Crippen LogP contribution in [0.3, 0.4) is 0 Å². The van der Waals surface area contributed by atoms with E-state index in [9.17, 15) is 4.79 Å². The second-order valence-electron chi connectivity index (χ2n) is 6.33. The summed E-state index contributed by atoms with van der Waals surface area (Å²) in [4.78, 5) is 14.2. The smallest absolute Gasteiger partial charge is 0.410 e. The summed E-state index contributed by atoms with van der Waals surface area (Å²) >= 11 is 6.13. The van der Waals surface area contributed by atoms with Gasteiger partial charge in [0.1, 0.15) is 6.61 Å². The number of ether oxygens (including phenoxy) is 1. The third kappa shape index (κ3) is 4.53. The Morgan fingerprint density at radius 2 is 2.04 bits per heavy atom. The molecule has 1 aliphatic rings. The lowest BCUT2D eigenvalue weighted by molar-refractivity contribution is 0.0803. The quantitative estimate of drug-likeness (QED) is 0.896. The Balaban J connectivity index is 1.60. The fraction of sp³-hybridized carbons (Fsp3) is 0.350. The molecule has 2 aromatic rings. The van der Waals surface area contributed by atoms with Gasteiger partial charge in [-0.2, -0.15) is 0 Å². The Bertz CT molecular complexity index is 708. The number of hydrogen-bond acceptors (Lipinski definition) is 3. The molecule has 0 unspecified atom stereocenters. The van der Waals surface area contributed by atoms with Gasteiger partial charge in [0, 0.05) is 30.1 Å². The number of carbonyl (C=O) groups is 1. The van der Waals surface area contributed by atoms with Crippen LogP contribution in [-0.4, -0.2) is 37.2 Å². The van der Waals surface area contributed by atoms with Crippen molar-refractivity contribution in [3.8, 4) is 0 Å². The number of halogens is 1. The zero-order valence-electron chi connectivity index (χ0n) is 14.3. The van der Waals surface area contributed by atoms with Crippen molar-refractivity contribution < 1.29 is 9.53 Å². The van der Waals surface area contributed by atoms with Gasteiger partial charge in [-0.15, -0.1) is 0 Å². The van der Waals surface area contributed by atoms with Crippen molar-refractivity contribution in [1.82, 2.24) is 10.2 Å². The van der Waals surface area contributed by atoms with Crippen LogP contribution in [-0.2, 0) is 11.3 Å². The molecule has 4 nitrogen and oxygen atoms in total. The molecule has 0 saturated carbocycles. The molecular formula is C20H23ClN2O2. The summed E-state index contributed by atoms with van der Waals surface area (Å²) in [5, 5.41) is 4.09. The van der Waals surface area contributed by atoms with Crippen LogP contribution in [0.15, 0.2) is 54.6 Å². The number of nitrogens with zero attached hydrogens (tertiary/aromatic N) is 1. The van der Waals surface area contributed by atoms with Crippen LogP contribution >= 0.6 is 11.6 Å². The Hall–Kier alpha value is -2.04. The van der Waals surface area contributed by atoms with Gasteiger partial charge in [0.05, 0.1) is 0 Å². The van der Waals surface area contributed by atoms with Gasteiger partial charge in [-0.3, -0.25) is 0 Å². The zero-order valence-corrected chi connectivity index (χ0v) is 15.1. The lowest BCUT2D eigenvalue weighted by atomic mass is 9.85. The maximum absolute atomic E-state index is 12.4. The minimum Gasteiger partial charge on any atom is -0.445 e. The van der Waals surface area contributed by atoms with Gasteiger partial charge in [-0.05, 0) is 36.7 Å². The first-order valence-corrected chi connectivity index (χ1v) is 8.93. The van der Waals surface area contributed by atoms with E-state index in [0.29, 0.717) is 25.6 Å². The molecular weight excluding hydrogens is 336 g/mol. The van der Waals surface area contributed by atoms with E-state index in [1.807, 2.05) is 55.6 Å². The molecule has 1 heterocycles.